The van der Waals surface area contributed by atoms with Crippen LogP contribution < -0.4 is 15.8 Å². The van der Waals surface area contributed by atoms with Gasteiger partial charge in [-0.05, 0) is 36.8 Å². The van der Waals surface area contributed by atoms with E-state index in [1.54, 1.807) is 7.11 Å². The van der Waals surface area contributed by atoms with Gasteiger partial charge in [0, 0.05) is 23.9 Å². The van der Waals surface area contributed by atoms with E-state index in [1.807, 2.05) is 18.2 Å². The average Bonchev–Trinajstić information content (AvgIpc) is 2.37. The predicted molar refractivity (Wildman–Crippen MR) is 83.9 cm³/mol. The van der Waals surface area contributed by atoms with Crippen LogP contribution in [0.4, 0.5) is 5.69 Å². The van der Waals surface area contributed by atoms with Crippen molar-refractivity contribution < 1.29 is 4.74 Å². The van der Waals surface area contributed by atoms with Crippen LogP contribution >= 0.6 is 12.2 Å². The van der Waals surface area contributed by atoms with Gasteiger partial charge in [-0.15, -0.1) is 0 Å². The highest BCUT2D eigenvalue weighted by Gasteiger charge is 2.34. The Balaban J connectivity index is 2.15. The zero-order chi connectivity index (χ0) is 13.9. The summed E-state index contributed by atoms with van der Waals surface area (Å²) in [4.78, 5) is 0.421. The number of methoxy groups -OCH3 is 1. The molecule has 2 rings (SSSR count). The number of ether oxygens (including phenoxy) is 1. The maximum Gasteiger partial charge on any atom is 0.120 e. The van der Waals surface area contributed by atoms with E-state index in [9.17, 15) is 0 Å². The number of benzene rings is 1. The van der Waals surface area contributed by atoms with E-state index in [0.29, 0.717) is 10.4 Å². The molecule has 104 valence electrons. The first kappa shape index (κ1) is 14.1. The highest BCUT2D eigenvalue weighted by molar-refractivity contribution is 7.80. The van der Waals surface area contributed by atoms with Crippen LogP contribution in [0, 0.1) is 5.41 Å². The Morgan fingerprint density at radius 1 is 1.47 bits per heavy atom. The Hall–Kier alpha value is -1.29. The van der Waals surface area contributed by atoms with Crippen molar-refractivity contribution in [3.05, 3.63) is 23.8 Å². The molecule has 3 nitrogen and oxygen atoms in total. The van der Waals surface area contributed by atoms with Crippen molar-refractivity contribution in [1.29, 1.82) is 0 Å². The fraction of sp³-hybridized carbons (Fsp3) is 0.533. The molecule has 0 atom stereocenters. The second kappa shape index (κ2) is 5.78. The summed E-state index contributed by atoms with van der Waals surface area (Å²) in [6.07, 6.45) is 5.17. The second-order valence-electron chi connectivity index (χ2n) is 5.34. The summed E-state index contributed by atoms with van der Waals surface area (Å²) < 4.78 is 5.26. The lowest BCUT2D eigenvalue weighted by Gasteiger charge is -2.41. The Kier molecular flexibility index (Phi) is 4.30. The molecule has 0 amide bonds. The van der Waals surface area contributed by atoms with E-state index >= 15 is 0 Å². The molecular weight excluding hydrogens is 256 g/mol. The van der Waals surface area contributed by atoms with Gasteiger partial charge in [-0.25, -0.2) is 0 Å². The first-order valence-electron chi connectivity index (χ1n) is 6.82. The third-order valence-corrected chi connectivity index (χ3v) is 4.53. The molecule has 1 aromatic rings. The van der Waals surface area contributed by atoms with Gasteiger partial charge in [-0.3, -0.25) is 0 Å². The SMILES string of the molecule is CCC1(CNc2cc(OC)ccc2C(N)=S)CCC1. The quantitative estimate of drug-likeness (QED) is 0.784. The van der Waals surface area contributed by atoms with Crippen LogP contribution in [0.5, 0.6) is 5.75 Å². The summed E-state index contributed by atoms with van der Waals surface area (Å²) in [6.45, 7) is 3.24. The minimum Gasteiger partial charge on any atom is -0.497 e. The maximum absolute atomic E-state index is 5.78. The molecule has 1 fully saturated rings. The molecule has 0 unspecified atom stereocenters. The number of nitrogens with one attached hydrogen (secondary N) is 1. The van der Waals surface area contributed by atoms with Crippen molar-refractivity contribution in [1.82, 2.24) is 0 Å². The molecule has 1 aliphatic carbocycles. The molecule has 1 aromatic carbocycles. The molecule has 1 saturated carbocycles. The van der Waals surface area contributed by atoms with Crippen molar-refractivity contribution in [3.8, 4) is 5.75 Å². The van der Waals surface area contributed by atoms with E-state index in [1.165, 1.54) is 25.7 Å². The van der Waals surface area contributed by atoms with Crippen molar-refractivity contribution in [2.45, 2.75) is 32.6 Å². The molecule has 0 aliphatic heterocycles. The lowest BCUT2D eigenvalue weighted by atomic mass is 9.67. The molecule has 4 heteroatoms. The number of thiocarbonyl (C=S) groups is 1. The highest BCUT2D eigenvalue weighted by atomic mass is 32.1. The Labute approximate surface area is 120 Å². The van der Waals surface area contributed by atoms with Crippen molar-refractivity contribution in [2.75, 3.05) is 19.0 Å². The number of nitrogens with two attached hydrogens (primary N) is 1. The lowest BCUT2D eigenvalue weighted by molar-refractivity contribution is 0.145. The molecule has 19 heavy (non-hydrogen) atoms. The van der Waals surface area contributed by atoms with Crippen molar-refractivity contribution >= 4 is 22.9 Å². The third kappa shape index (κ3) is 3.00. The topological polar surface area (TPSA) is 47.3 Å². The average molecular weight is 278 g/mol. The standard InChI is InChI=1S/C15H22N2OS/c1-3-15(7-4-8-15)10-17-13-9-11(18-2)5-6-12(13)14(16)19/h5-6,9,17H,3-4,7-8,10H2,1-2H3,(H2,16,19). The molecule has 0 bridgehead atoms. The summed E-state index contributed by atoms with van der Waals surface area (Å²) >= 11 is 5.10. The van der Waals surface area contributed by atoms with Gasteiger partial charge < -0.3 is 15.8 Å². The highest BCUT2D eigenvalue weighted by Crippen LogP contribution is 2.43. The normalized spacial score (nSPS) is 16.5. The van der Waals surface area contributed by atoms with Crippen molar-refractivity contribution in [3.63, 3.8) is 0 Å². The van der Waals surface area contributed by atoms with Crippen LogP contribution in [0.1, 0.15) is 38.2 Å². The predicted octanol–water partition coefficient (Wildman–Crippen LogP) is 3.32. The zero-order valence-corrected chi connectivity index (χ0v) is 12.5. The minimum atomic E-state index is 0.421. The summed E-state index contributed by atoms with van der Waals surface area (Å²) in [5.41, 5.74) is 8.10. The second-order valence-corrected chi connectivity index (χ2v) is 5.78. The maximum atomic E-state index is 5.78. The minimum absolute atomic E-state index is 0.421. The van der Waals surface area contributed by atoms with E-state index in [2.05, 4.69) is 12.2 Å². The van der Waals surface area contributed by atoms with E-state index in [-0.39, 0.29) is 0 Å². The molecular formula is C15H22N2OS. The van der Waals surface area contributed by atoms with Gasteiger partial charge in [0.15, 0.2) is 0 Å². The molecule has 3 N–H and O–H groups in total. The summed E-state index contributed by atoms with van der Waals surface area (Å²) in [5, 5.41) is 3.52. The van der Waals surface area contributed by atoms with Gasteiger partial charge >= 0.3 is 0 Å². The van der Waals surface area contributed by atoms with Crippen LogP contribution in [0.3, 0.4) is 0 Å². The number of hydrogen-bond donors (Lipinski definition) is 2. The van der Waals surface area contributed by atoms with Gasteiger partial charge in [0.2, 0.25) is 0 Å². The molecule has 0 aromatic heterocycles. The Morgan fingerprint density at radius 3 is 2.68 bits per heavy atom. The summed E-state index contributed by atoms with van der Waals surface area (Å²) in [6, 6.07) is 5.78. The van der Waals surface area contributed by atoms with E-state index in [4.69, 9.17) is 22.7 Å². The molecule has 1 aliphatic rings. The number of hydrogen-bond acceptors (Lipinski definition) is 3. The van der Waals surface area contributed by atoms with Gasteiger partial charge in [0.25, 0.3) is 0 Å². The summed E-state index contributed by atoms with van der Waals surface area (Å²) in [7, 11) is 1.67. The largest absolute Gasteiger partial charge is 0.497 e. The molecule has 0 saturated heterocycles. The van der Waals surface area contributed by atoms with Crippen LogP contribution in [0.15, 0.2) is 18.2 Å². The van der Waals surface area contributed by atoms with Crippen LogP contribution in [-0.4, -0.2) is 18.6 Å². The zero-order valence-electron chi connectivity index (χ0n) is 11.7. The fourth-order valence-electron chi connectivity index (χ4n) is 2.63. The van der Waals surface area contributed by atoms with Gasteiger partial charge in [0.1, 0.15) is 10.7 Å². The van der Waals surface area contributed by atoms with E-state index < -0.39 is 0 Å². The number of rotatable bonds is 6. The monoisotopic (exact) mass is 278 g/mol. The third-order valence-electron chi connectivity index (χ3n) is 4.31. The molecule has 0 spiro atoms. The van der Waals surface area contributed by atoms with Crippen molar-refractivity contribution in [2.24, 2.45) is 11.1 Å². The number of anilines is 1. The molecule has 0 radical (unpaired) electrons. The summed E-state index contributed by atoms with van der Waals surface area (Å²) in [5.74, 6) is 0.821. The Morgan fingerprint density at radius 2 is 2.21 bits per heavy atom. The Bertz CT molecular complexity index is 464. The van der Waals surface area contributed by atoms with Crippen LogP contribution in [-0.2, 0) is 0 Å². The fourth-order valence-corrected chi connectivity index (χ4v) is 2.80. The van der Waals surface area contributed by atoms with Crippen LogP contribution in [0.2, 0.25) is 0 Å². The molecule has 0 heterocycles. The van der Waals surface area contributed by atoms with Gasteiger partial charge in [0.05, 0.1) is 7.11 Å². The first-order chi connectivity index (χ1) is 9.10. The van der Waals surface area contributed by atoms with E-state index in [0.717, 1.165) is 23.5 Å². The smallest absolute Gasteiger partial charge is 0.120 e. The van der Waals surface area contributed by atoms with Gasteiger partial charge in [-0.1, -0.05) is 25.6 Å². The first-order valence-corrected chi connectivity index (χ1v) is 7.23. The van der Waals surface area contributed by atoms with Gasteiger partial charge in [-0.2, -0.15) is 0 Å². The van der Waals surface area contributed by atoms with Crippen LogP contribution in [0.25, 0.3) is 0 Å². The lowest BCUT2D eigenvalue weighted by Crippen LogP contribution is -2.36.